The zero-order valence-corrected chi connectivity index (χ0v) is 15.8. The van der Waals surface area contributed by atoms with Crippen LogP contribution in [0.15, 0.2) is 78.1 Å². The molecule has 0 aliphatic carbocycles. The fourth-order valence-corrected chi connectivity index (χ4v) is 3.55. The fourth-order valence-electron chi connectivity index (χ4n) is 2.76. The van der Waals surface area contributed by atoms with Crippen LogP contribution in [0.3, 0.4) is 0 Å². The first-order chi connectivity index (χ1) is 14.0. The molecule has 3 nitrogen and oxygen atoms in total. The summed E-state index contributed by atoms with van der Waals surface area (Å²) in [5.41, 5.74) is 1.73. The lowest BCUT2D eigenvalue weighted by Crippen LogP contribution is -2.04. The number of nitrogens with zero attached hydrogens (tertiary/aromatic N) is 3. The van der Waals surface area contributed by atoms with E-state index < -0.39 is 11.7 Å². The van der Waals surface area contributed by atoms with E-state index in [9.17, 15) is 13.2 Å². The Balaban J connectivity index is 1.69. The molecule has 0 aliphatic heterocycles. The number of rotatable bonds is 3. The number of benzene rings is 1. The first kappa shape index (κ1) is 19.1. The number of thioether (sulfide) groups is 1. The van der Waals surface area contributed by atoms with E-state index in [4.69, 9.17) is 0 Å². The Morgan fingerprint density at radius 1 is 0.966 bits per heavy atom. The zero-order valence-electron chi connectivity index (χ0n) is 15.0. The van der Waals surface area contributed by atoms with E-state index >= 15 is 0 Å². The van der Waals surface area contributed by atoms with Crippen molar-refractivity contribution in [3.05, 3.63) is 95.6 Å². The minimum absolute atomic E-state index is 0.300. The van der Waals surface area contributed by atoms with Gasteiger partial charge in [0.2, 0.25) is 0 Å². The Kier molecular flexibility index (Phi) is 5.28. The summed E-state index contributed by atoms with van der Waals surface area (Å²) in [6.07, 6.45) is -0.834. The third kappa shape index (κ3) is 4.44. The molecule has 29 heavy (non-hydrogen) atoms. The molecule has 1 aromatic carbocycles. The highest BCUT2D eigenvalue weighted by atomic mass is 32.2. The molecular formula is C22H14F3N3S. The van der Waals surface area contributed by atoms with Crippen molar-refractivity contribution in [1.29, 1.82) is 0 Å². The molecule has 0 bridgehead atoms. The van der Waals surface area contributed by atoms with Gasteiger partial charge in [0.15, 0.2) is 0 Å². The molecule has 0 spiro atoms. The number of alkyl halides is 3. The molecule has 0 saturated carbocycles. The average Bonchev–Trinajstić information content (AvgIpc) is 3.08. The first-order valence-electron chi connectivity index (χ1n) is 8.70. The largest absolute Gasteiger partial charge is 0.416 e. The summed E-state index contributed by atoms with van der Waals surface area (Å²) in [6, 6.07) is 16.3. The van der Waals surface area contributed by atoms with Gasteiger partial charge in [-0.1, -0.05) is 35.9 Å². The van der Waals surface area contributed by atoms with E-state index in [0.29, 0.717) is 17.0 Å². The monoisotopic (exact) mass is 409 g/mol. The van der Waals surface area contributed by atoms with Crippen LogP contribution in [0.4, 0.5) is 13.2 Å². The van der Waals surface area contributed by atoms with Crippen molar-refractivity contribution in [1.82, 2.24) is 14.4 Å². The van der Waals surface area contributed by atoms with Crippen LogP contribution in [0.2, 0.25) is 0 Å². The summed E-state index contributed by atoms with van der Waals surface area (Å²) >= 11 is 1.53. The Hall–Kier alpha value is -3.24. The van der Waals surface area contributed by atoms with Crippen LogP contribution in [0.5, 0.6) is 0 Å². The third-order valence-corrected chi connectivity index (χ3v) is 5.07. The summed E-state index contributed by atoms with van der Waals surface area (Å²) in [7, 11) is 0. The Bertz CT molecular complexity index is 1200. The molecule has 4 aromatic rings. The quantitative estimate of drug-likeness (QED) is 0.333. The van der Waals surface area contributed by atoms with Gasteiger partial charge in [0.1, 0.15) is 11.3 Å². The summed E-state index contributed by atoms with van der Waals surface area (Å²) in [5, 5.41) is 0.862. The second-order valence-corrected chi connectivity index (χ2v) is 7.12. The molecule has 144 valence electrons. The molecule has 3 aromatic heterocycles. The van der Waals surface area contributed by atoms with E-state index in [2.05, 4.69) is 21.8 Å². The van der Waals surface area contributed by atoms with E-state index in [0.717, 1.165) is 28.5 Å². The summed E-state index contributed by atoms with van der Waals surface area (Å²) in [6.45, 7) is 0. The van der Waals surface area contributed by atoms with Crippen LogP contribution in [0.25, 0.3) is 5.65 Å². The number of aromatic nitrogens is 3. The molecule has 0 amide bonds. The Morgan fingerprint density at radius 3 is 2.62 bits per heavy atom. The maximum absolute atomic E-state index is 12.9. The van der Waals surface area contributed by atoms with Crippen molar-refractivity contribution >= 4 is 17.4 Å². The van der Waals surface area contributed by atoms with E-state index in [1.807, 2.05) is 47.0 Å². The smallest absolute Gasteiger partial charge is 0.293 e. The number of imidazole rings is 1. The molecule has 0 saturated heterocycles. The van der Waals surface area contributed by atoms with Crippen molar-refractivity contribution in [3.63, 3.8) is 0 Å². The van der Waals surface area contributed by atoms with E-state index in [-0.39, 0.29) is 0 Å². The Labute approximate surface area is 169 Å². The second kappa shape index (κ2) is 8.02. The van der Waals surface area contributed by atoms with Gasteiger partial charge in [-0.2, -0.15) is 13.2 Å². The van der Waals surface area contributed by atoms with Crippen LogP contribution in [-0.4, -0.2) is 14.4 Å². The van der Waals surface area contributed by atoms with Crippen molar-refractivity contribution in [3.8, 4) is 11.8 Å². The SMILES string of the molecule is FC(F)(F)c1cccc(C#Cc2c(CSc3ccccn3)nc3ccccn23)c1. The Morgan fingerprint density at radius 2 is 1.83 bits per heavy atom. The van der Waals surface area contributed by atoms with Crippen molar-refractivity contribution in [2.75, 3.05) is 0 Å². The van der Waals surface area contributed by atoms with Gasteiger partial charge in [0, 0.05) is 23.7 Å². The van der Waals surface area contributed by atoms with Gasteiger partial charge in [0.25, 0.3) is 0 Å². The molecule has 0 aliphatic rings. The van der Waals surface area contributed by atoms with Gasteiger partial charge in [-0.05, 0) is 48.4 Å². The van der Waals surface area contributed by atoms with Gasteiger partial charge in [-0.3, -0.25) is 4.40 Å². The van der Waals surface area contributed by atoms with Crippen molar-refractivity contribution in [2.45, 2.75) is 17.0 Å². The van der Waals surface area contributed by atoms with Crippen LogP contribution < -0.4 is 0 Å². The number of hydrogen-bond acceptors (Lipinski definition) is 3. The zero-order chi connectivity index (χ0) is 20.3. The predicted molar refractivity (Wildman–Crippen MR) is 106 cm³/mol. The van der Waals surface area contributed by atoms with Gasteiger partial charge < -0.3 is 0 Å². The van der Waals surface area contributed by atoms with Crippen molar-refractivity contribution in [2.24, 2.45) is 0 Å². The predicted octanol–water partition coefficient (Wildman–Crippen LogP) is 5.44. The topological polar surface area (TPSA) is 30.2 Å². The average molecular weight is 409 g/mol. The normalized spacial score (nSPS) is 11.3. The number of fused-ring (bicyclic) bond motifs is 1. The minimum atomic E-state index is -4.40. The number of pyridine rings is 2. The van der Waals surface area contributed by atoms with Gasteiger partial charge >= 0.3 is 6.18 Å². The summed E-state index contributed by atoms with van der Waals surface area (Å²) < 4.78 is 40.7. The fraction of sp³-hybridized carbons (Fsp3) is 0.0909. The first-order valence-corrected chi connectivity index (χ1v) is 9.68. The van der Waals surface area contributed by atoms with Gasteiger partial charge in [-0.15, -0.1) is 0 Å². The highest BCUT2D eigenvalue weighted by molar-refractivity contribution is 7.98. The summed E-state index contributed by atoms with van der Waals surface area (Å²) in [5.74, 6) is 6.42. The van der Waals surface area contributed by atoms with E-state index in [1.165, 1.54) is 17.8 Å². The molecule has 0 fully saturated rings. The lowest BCUT2D eigenvalue weighted by Gasteiger charge is -2.05. The molecule has 3 heterocycles. The number of hydrogen-bond donors (Lipinski definition) is 0. The molecule has 0 atom stereocenters. The highest BCUT2D eigenvalue weighted by Crippen LogP contribution is 2.29. The standard InChI is InChI=1S/C22H14F3N3S/c23-22(24,25)17-7-5-6-16(14-17)10-11-19-18(15-29-21-9-1-3-12-26-21)27-20-8-2-4-13-28(19)20/h1-9,12-14H,15H2. The van der Waals surface area contributed by atoms with Crippen LogP contribution >= 0.6 is 11.8 Å². The molecule has 0 unspecified atom stereocenters. The third-order valence-electron chi connectivity index (χ3n) is 4.11. The molecular weight excluding hydrogens is 395 g/mol. The molecule has 4 rings (SSSR count). The number of halogens is 3. The minimum Gasteiger partial charge on any atom is -0.293 e. The highest BCUT2D eigenvalue weighted by Gasteiger charge is 2.30. The van der Waals surface area contributed by atoms with Crippen LogP contribution in [-0.2, 0) is 11.9 Å². The molecule has 7 heteroatoms. The maximum Gasteiger partial charge on any atom is 0.416 e. The van der Waals surface area contributed by atoms with Crippen molar-refractivity contribution < 1.29 is 13.2 Å². The van der Waals surface area contributed by atoms with Crippen LogP contribution in [0.1, 0.15) is 22.5 Å². The van der Waals surface area contributed by atoms with E-state index in [1.54, 1.807) is 12.3 Å². The van der Waals surface area contributed by atoms with Gasteiger partial charge in [-0.25, -0.2) is 9.97 Å². The molecule has 0 radical (unpaired) electrons. The lowest BCUT2D eigenvalue weighted by molar-refractivity contribution is -0.137. The molecule has 0 N–H and O–H groups in total. The van der Waals surface area contributed by atoms with Gasteiger partial charge in [0.05, 0.1) is 16.3 Å². The van der Waals surface area contributed by atoms with Crippen LogP contribution in [0, 0.1) is 11.8 Å². The lowest BCUT2D eigenvalue weighted by atomic mass is 10.1. The second-order valence-electron chi connectivity index (χ2n) is 6.12. The maximum atomic E-state index is 12.9. The summed E-state index contributed by atoms with van der Waals surface area (Å²) in [4.78, 5) is 8.92.